The fraction of sp³-hybridized carbons (Fsp3) is 0.500. The third-order valence-corrected chi connectivity index (χ3v) is 1.74. The summed E-state index contributed by atoms with van der Waals surface area (Å²) < 4.78 is 10.2. The molecule has 0 saturated carbocycles. The van der Waals surface area contributed by atoms with E-state index in [-0.39, 0.29) is 12.6 Å². The number of aliphatic hydroxyl groups excluding tert-OH is 2. The van der Waals surface area contributed by atoms with Crippen LogP contribution in [0.25, 0.3) is 0 Å². The van der Waals surface area contributed by atoms with E-state index in [0.29, 0.717) is 13.2 Å². The van der Waals surface area contributed by atoms with Crippen LogP contribution in [0.3, 0.4) is 0 Å². The van der Waals surface area contributed by atoms with Crippen molar-refractivity contribution in [3.63, 3.8) is 0 Å². The van der Waals surface area contributed by atoms with E-state index in [4.69, 9.17) is 10.2 Å². The minimum absolute atomic E-state index is 0.257. The number of carbonyl (C=O) groups is 2. The molecular formula is C16H32N2O6+2. The lowest BCUT2D eigenvalue weighted by Gasteiger charge is -2.03. The van der Waals surface area contributed by atoms with Crippen molar-refractivity contribution in [2.75, 3.05) is 54.6 Å². The van der Waals surface area contributed by atoms with Crippen LogP contribution in [0.4, 0.5) is 0 Å². The molecule has 0 aliphatic rings. The molecule has 0 heterocycles. The van der Waals surface area contributed by atoms with Gasteiger partial charge in [-0.3, -0.25) is 4.42 Å². The molecule has 24 heavy (non-hydrogen) atoms. The molecule has 0 atom stereocenters. The number of likely N-dealkylation sites (N-methyl/N-ethyl adjacent to an activating group) is 2. The Morgan fingerprint density at radius 3 is 1.92 bits per heavy atom. The zero-order valence-electron chi connectivity index (χ0n) is 15.2. The van der Waals surface area contributed by atoms with Crippen LogP contribution in [-0.2, 0) is 18.8 Å². The summed E-state index contributed by atoms with van der Waals surface area (Å²) in [6.45, 7) is 14.8. The summed E-state index contributed by atoms with van der Waals surface area (Å²) >= 11 is 0. The number of hydrogen-bond acceptors (Lipinski definition) is 6. The lowest BCUT2D eigenvalue weighted by molar-refractivity contribution is -0.490. The van der Waals surface area contributed by atoms with E-state index >= 15 is 0 Å². The van der Waals surface area contributed by atoms with Gasteiger partial charge in [-0.05, 0) is 14.1 Å². The van der Waals surface area contributed by atoms with Gasteiger partial charge in [0, 0.05) is 19.7 Å². The molecule has 0 rings (SSSR count). The number of hydrogen-bond donors (Lipinski definition) is 2. The number of aliphatic hydroxyl groups is 2. The predicted molar refractivity (Wildman–Crippen MR) is 95.4 cm³/mol. The van der Waals surface area contributed by atoms with Gasteiger partial charge in [0.05, 0.1) is 17.5 Å². The number of carbonyl (C=O) groups excluding carboxylic acids is 3. The summed E-state index contributed by atoms with van der Waals surface area (Å²) in [5, 5.41) is 15.2. The van der Waals surface area contributed by atoms with Crippen molar-refractivity contribution in [3.8, 4) is 0 Å². The predicted octanol–water partition coefficient (Wildman–Crippen LogP) is -0.729. The molecule has 140 valence electrons. The van der Waals surface area contributed by atoms with Crippen LogP contribution in [0.15, 0.2) is 25.3 Å². The smallest absolute Gasteiger partial charge is 0.456 e. The molecule has 0 aliphatic heterocycles. The molecule has 0 fully saturated rings. The van der Waals surface area contributed by atoms with Crippen LogP contribution < -0.4 is 0 Å². The van der Waals surface area contributed by atoms with Gasteiger partial charge in [0.15, 0.2) is 13.3 Å². The number of nitrogens with zero attached hydrogens (tertiary/aromatic N) is 2. The summed E-state index contributed by atoms with van der Waals surface area (Å²) in [7, 11) is 6.66. The SMILES string of the molecule is C=CC(=O)OCC[N+](=C)C.C=CC(=O)[O+]=C.CN(C)CCO.CO. The minimum atomic E-state index is -0.505. The van der Waals surface area contributed by atoms with Gasteiger partial charge in [0.1, 0.15) is 20.4 Å². The molecule has 0 saturated heterocycles. The Morgan fingerprint density at radius 2 is 1.75 bits per heavy atom. The molecule has 0 bridgehead atoms. The van der Waals surface area contributed by atoms with E-state index in [1.807, 2.05) is 26.0 Å². The third kappa shape index (κ3) is 42.7. The molecule has 0 radical (unpaired) electrons. The molecule has 0 spiro atoms. The highest BCUT2D eigenvalue weighted by Gasteiger charge is 1.98. The van der Waals surface area contributed by atoms with Crippen molar-refractivity contribution >= 4 is 25.4 Å². The monoisotopic (exact) mass is 348 g/mol. The lowest BCUT2D eigenvalue weighted by atomic mass is 10.6. The first-order chi connectivity index (χ1) is 11.2. The molecule has 0 aliphatic carbocycles. The largest absolute Gasteiger partial charge is 0.604 e. The normalized spacial score (nSPS) is 7.96. The Bertz CT molecular complexity index is 358. The molecule has 0 aromatic carbocycles. The average molecular weight is 348 g/mol. The van der Waals surface area contributed by atoms with Gasteiger partial charge >= 0.3 is 11.9 Å². The highest BCUT2D eigenvalue weighted by Crippen LogP contribution is 1.78. The van der Waals surface area contributed by atoms with E-state index in [1.165, 1.54) is 0 Å². The molecule has 0 unspecified atom stereocenters. The quantitative estimate of drug-likeness (QED) is 0.207. The second-order valence-electron chi connectivity index (χ2n) is 4.15. The maximum absolute atomic E-state index is 10.4. The van der Waals surface area contributed by atoms with Crippen LogP contribution in [0.5, 0.6) is 0 Å². The third-order valence-electron chi connectivity index (χ3n) is 1.74. The summed E-state index contributed by atoms with van der Waals surface area (Å²) in [4.78, 5) is 22.1. The van der Waals surface area contributed by atoms with Gasteiger partial charge in [-0.15, -0.1) is 0 Å². The highest BCUT2D eigenvalue weighted by atomic mass is 16.5. The van der Waals surface area contributed by atoms with Crippen molar-refractivity contribution in [2.24, 2.45) is 0 Å². The fourth-order valence-corrected chi connectivity index (χ4v) is 0.620. The maximum atomic E-state index is 10.4. The Kier molecular flexibility index (Phi) is 32.0. The van der Waals surface area contributed by atoms with Gasteiger partial charge in [-0.1, -0.05) is 13.2 Å². The topological polar surface area (TPSA) is 101 Å². The molecule has 0 aromatic heterocycles. The zero-order valence-corrected chi connectivity index (χ0v) is 15.2. The molecular weight excluding hydrogens is 316 g/mol. The number of ether oxygens (including phenoxy) is 1. The first-order valence-corrected chi connectivity index (χ1v) is 6.84. The van der Waals surface area contributed by atoms with E-state index in [0.717, 1.165) is 25.8 Å². The van der Waals surface area contributed by atoms with Gasteiger partial charge in [-0.25, -0.2) is 9.37 Å². The summed E-state index contributed by atoms with van der Waals surface area (Å²) in [5.74, 6) is -0.892. The standard InChI is InChI=1S/C7H12NO2.C4H11NO.C4H5O2.CH4O/c1-4-7(9)10-6-5-8(2)3;1-5(2)3-4-6;1-3-4(5)6-2;1-2/h4H,1-2,5-6H2,3H3;6H,3-4H2,1-2H3;3H,1-2H2;2H,1H3/q+1;;+1;. The molecule has 2 N–H and O–H groups in total. The highest BCUT2D eigenvalue weighted by molar-refractivity contribution is 5.81. The number of rotatable bonds is 7. The van der Waals surface area contributed by atoms with Crippen molar-refractivity contribution in [3.05, 3.63) is 25.3 Å². The van der Waals surface area contributed by atoms with Gasteiger partial charge in [-0.2, -0.15) is 0 Å². The Balaban J connectivity index is -0.000000124. The second kappa shape index (κ2) is 25.8. The lowest BCUT2D eigenvalue weighted by Crippen LogP contribution is -2.15. The first-order valence-electron chi connectivity index (χ1n) is 6.84. The Hall–Kier alpha value is -2.16. The molecule has 8 nitrogen and oxygen atoms in total. The molecule has 0 aromatic rings. The Morgan fingerprint density at radius 1 is 1.25 bits per heavy atom. The van der Waals surface area contributed by atoms with Crippen LogP contribution in [0, 0.1) is 0 Å². The maximum Gasteiger partial charge on any atom is 0.604 e. The number of esters is 1. The average Bonchev–Trinajstić information content (AvgIpc) is 2.56. The van der Waals surface area contributed by atoms with Crippen molar-refractivity contribution in [1.82, 2.24) is 4.90 Å². The first kappa shape index (κ1) is 29.8. The van der Waals surface area contributed by atoms with E-state index in [1.54, 1.807) is 4.58 Å². The van der Waals surface area contributed by atoms with Crippen LogP contribution >= 0.6 is 0 Å². The molecule has 8 heteroatoms. The van der Waals surface area contributed by atoms with E-state index < -0.39 is 5.97 Å². The zero-order chi connectivity index (χ0) is 20.0. The van der Waals surface area contributed by atoms with Crippen molar-refractivity contribution in [2.45, 2.75) is 0 Å². The van der Waals surface area contributed by atoms with E-state index in [2.05, 4.69) is 35.8 Å². The van der Waals surface area contributed by atoms with Crippen LogP contribution in [0.1, 0.15) is 0 Å². The van der Waals surface area contributed by atoms with Crippen LogP contribution in [0.2, 0.25) is 0 Å². The minimum Gasteiger partial charge on any atom is -0.456 e. The summed E-state index contributed by atoms with van der Waals surface area (Å²) in [6.07, 6.45) is 2.19. The van der Waals surface area contributed by atoms with Crippen molar-refractivity contribution < 1.29 is 33.5 Å². The van der Waals surface area contributed by atoms with Crippen LogP contribution in [-0.4, -0.2) is 99.7 Å². The summed E-state index contributed by atoms with van der Waals surface area (Å²) in [6, 6.07) is 0. The molecule has 0 amide bonds. The van der Waals surface area contributed by atoms with Gasteiger partial charge in [0.25, 0.3) is 0 Å². The Labute approximate surface area is 144 Å². The second-order valence-corrected chi connectivity index (χ2v) is 4.15. The van der Waals surface area contributed by atoms with Gasteiger partial charge in [0.2, 0.25) is 0 Å². The summed E-state index contributed by atoms with van der Waals surface area (Å²) in [5.41, 5.74) is 0. The van der Waals surface area contributed by atoms with Gasteiger partial charge < -0.3 is 19.8 Å². The van der Waals surface area contributed by atoms with E-state index in [9.17, 15) is 9.59 Å². The fourth-order valence-electron chi connectivity index (χ4n) is 0.620. The van der Waals surface area contributed by atoms with Crippen molar-refractivity contribution in [1.29, 1.82) is 0 Å².